The molecule has 0 radical (unpaired) electrons. The van der Waals surface area contributed by atoms with Crippen LogP contribution in [0.25, 0.3) is 0 Å². The fraction of sp³-hybridized carbons (Fsp3) is 0.409. The van der Waals surface area contributed by atoms with Crippen molar-refractivity contribution in [1.29, 1.82) is 0 Å². The summed E-state index contributed by atoms with van der Waals surface area (Å²) in [6.07, 6.45) is 1.75. The molecule has 2 aromatic rings. The van der Waals surface area contributed by atoms with E-state index < -0.39 is 21.2 Å². The zero-order valence-electron chi connectivity index (χ0n) is 17.3. The highest BCUT2D eigenvalue weighted by atomic mass is 32.2. The predicted octanol–water partition coefficient (Wildman–Crippen LogP) is 2.87. The largest absolute Gasteiger partial charge is 0.487 e. The van der Waals surface area contributed by atoms with E-state index in [1.165, 1.54) is 0 Å². The molecule has 1 fully saturated rings. The van der Waals surface area contributed by atoms with Gasteiger partial charge >= 0.3 is 0 Å². The van der Waals surface area contributed by atoms with Crippen molar-refractivity contribution in [2.75, 3.05) is 24.1 Å². The van der Waals surface area contributed by atoms with Crippen molar-refractivity contribution < 1.29 is 22.7 Å². The van der Waals surface area contributed by atoms with Gasteiger partial charge < -0.3 is 14.4 Å². The summed E-state index contributed by atoms with van der Waals surface area (Å²) in [5.74, 6) is 0.722. The van der Waals surface area contributed by atoms with Crippen LogP contribution in [-0.2, 0) is 31.7 Å². The first kappa shape index (κ1) is 20.7. The van der Waals surface area contributed by atoms with E-state index in [1.807, 2.05) is 50.2 Å². The van der Waals surface area contributed by atoms with Gasteiger partial charge in [0.05, 0.1) is 12.8 Å². The summed E-state index contributed by atoms with van der Waals surface area (Å²) in [7, 11) is -3.33. The van der Waals surface area contributed by atoms with E-state index in [1.54, 1.807) is 17.0 Å². The molecule has 8 heteroatoms. The Labute approximate surface area is 177 Å². The summed E-state index contributed by atoms with van der Waals surface area (Å²) in [5.41, 5.74) is 1.34. The highest BCUT2D eigenvalue weighted by Gasteiger charge is 2.50. The lowest BCUT2D eigenvalue weighted by atomic mass is 9.79. The fourth-order valence-corrected chi connectivity index (χ4v) is 4.87. The van der Waals surface area contributed by atoms with Crippen LogP contribution in [0.4, 0.5) is 5.69 Å². The van der Waals surface area contributed by atoms with E-state index in [-0.39, 0.29) is 12.5 Å². The Kier molecular flexibility index (Phi) is 5.02. The minimum absolute atomic E-state index is 0.0120. The molecule has 1 saturated heterocycles. The summed E-state index contributed by atoms with van der Waals surface area (Å²) in [6.45, 7) is 4.92. The van der Waals surface area contributed by atoms with Crippen LogP contribution >= 0.6 is 0 Å². The topological polar surface area (TPSA) is 84.9 Å². The molecule has 1 atom stereocenters. The quantitative estimate of drug-likeness (QED) is 0.806. The smallest absolute Gasteiger partial charge is 0.249 e. The zero-order valence-corrected chi connectivity index (χ0v) is 18.2. The molecule has 1 N–H and O–H groups in total. The summed E-state index contributed by atoms with van der Waals surface area (Å²) in [5, 5.41) is 0. The van der Waals surface area contributed by atoms with Crippen LogP contribution in [0.5, 0.6) is 5.75 Å². The van der Waals surface area contributed by atoms with Gasteiger partial charge in [-0.05, 0) is 37.6 Å². The lowest BCUT2D eigenvalue weighted by molar-refractivity contribution is -0.181. The molecule has 160 valence electrons. The van der Waals surface area contributed by atoms with E-state index in [0.717, 1.165) is 23.1 Å². The van der Waals surface area contributed by atoms with Crippen molar-refractivity contribution in [1.82, 2.24) is 4.90 Å². The number of anilines is 1. The first-order valence-corrected chi connectivity index (χ1v) is 11.7. The molecule has 1 unspecified atom stereocenters. The minimum Gasteiger partial charge on any atom is -0.487 e. The van der Waals surface area contributed by atoms with Gasteiger partial charge in [0.15, 0.2) is 0 Å². The van der Waals surface area contributed by atoms with Crippen LogP contribution in [0.2, 0.25) is 0 Å². The average Bonchev–Trinajstić information content (AvgIpc) is 2.64. The van der Waals surface area contributed by atoms with E-state index in [0.29, 0.717) is 25.2 Å². The number of ether oxygens (including phenoxy) is 2. The molecule has 30 heavy (non-hydrogen) atoms. The van der Waals surface area contributed by atoms with Gasteiger partial charge in [0.25, 0.3) is 0 Å². The second kappa shape index (κ2) is 7.28. The highest BCUT2D eigenvalue weighted by molar-refractivity contribution is 7.92. The molecule has 0 aliphatic carbocycles. The summed E-state index contributed by atoms with van der Waals surface area (Å²) in [4.78, 5) is 14.4. The second-order valence-electron chi connectivity index (χ2n) is 8.64. The summed E-state index contributed by atoms with van der Waals surface area (Å²) < 4.78 is 37.5. The monoisotopic (exact) mass is 430 g/mol. The van der Waals surface area contributed by atoms with E-state index in [4.69, 9.17) is 9.47 Å². The molecule has 0 bridgehead atoms. The third-order valence-corrected chi connectivity index (χ3v) is 5.98. The van der Waals surface area contributed by atoms with Gasteiger partial charge in [-0.25, -0.2) is 8.42 Å². The number of carbonyl (C=O) groups is 1. The molecule has 1 spiro atoms. The van der Waals surface area contributed by atoms with Crippen LogP contribution in [0.3, 0.4) is 0 Å². The average molecular weight is 431 g/mol. The van der Waals surface area contributed by atoms with Gasteiger partial charge in [0.2, 0.25) is 15.9 Å². The lowest BCUT2D eigenvalue weighted by Gasteiger charge is -2.49. The van der Waals surface area contributed by atoms with Gasteiger partial charge in [0.1, 0.15) is 23.6 Å². The number of benzene rings is 2. The second-order valence-corrected chi connectivity index (χ2v) is 10.4. The third kappa shape index (κ3) is 4.29. The normalized spacial score (nSPS) is 23.0. The summed E-state index contributed by atoms with van der Waals surface area (Å²) in [6, 6.07) is 14.9. The maximum Gasteiger partial charge on any atom is 0.249 e. The van der Waals surface area contributed by atoms with Crippen LogP contribution in [0.15, 0.2) is 48.5 Å². The number of hydrogen-bond acceptors (Lipinski definition) is 5. The molecule has 2 aliphatic rings. The zero-order chi connectivity index (χ0) is 21.6. The van der Waals surface area contributed by atoms with Crippen LogP contribution in [-0.4, -0.2) is 44.2 Å². The van der Waals surface area contributed by atoms with Crippen molar-refractivity contribution >= 4 is 21.6 Å². The standard InChI is InChI=1S/C22H26N2O5S/c1-21(2)14-22(18-6-4-5-7-19(18)29-21)15-24(20(25)13-28-22)12-16-8-10-17(11-9-16)23-30(3,26)27/h4-11,23H,12-15H2,1-3H3. The number of fused-ring (bicyclic) bond motifs is 2. The molecular formula is C22H26N2O5S. The molecule has 2 aliphatic heterocycles. The first-order chi connectivity index (χ1) is 14.1. The lowest BCUT2D eigenvalue weighted by Crippen LogP contribution is -2.57. The number of para-hydroxylation sites is 1. The summed E-state index contributed by atoms with van der Waals surface area (Å²) >= 11 is 0. The van der Waals surface area contributed by atoms with E-state index >= 15 is 0 Å². The Hall–Kier alpha value is -2.58. The molecule has 0 aromatic heterocycles. The Balaban J connectivity index is 1.58. The number of carbonyl (C=O) groups excluding carboxylic acids is 1. The molecule has 0 saturated carbocycles. The Morgan fingerprint density at radius 3 is 2.50 bits per heavy atom. The first-order valence-electron chi connectivity index (χ1n) is 9.82. The molecule has 4 rings (SSSR count). The number of morpholine rings is 1. The number of rotatable bonds is 4. The SMILES string of the molecule is CC1(C)CC2(CN(Cc3ccc(NS(C)(=O)=O)cc3)C(=O)CO2)c2ccccc2O1. The van der Waals surface area contributed by atoms with Gasteiger partial charge in [-0.1, -0.05) is 30.3 Å². The Bertz CT molecular complexity index is 1070. The highest BCUT2D eigenvalue weighted by Crippen LogP contribution is 2.47. The van der Waals surface area contributed by atoms with Crippen LogP contribution < -0.4 is 9.46 Å². The van der Waals surface area contributed by atoms with Crippen molar-refractivity contribution in [3.8, 4) is 5.75 Å². The van der Waals surface area contributed by atoms with Crippen molar-refractivity contribution in [3.05, 3.63) is 59.7 Å². The number of sulfonamides is 1. The number of nitrogens with one attached hydrogen (secondary N) is 1. The molecule has 2 heterocycles. The third-order valence-electron chi connectivity index (χ3n) is 5.38. The maximum atomic E-state index is 12.6. The Morgan fingerprint density at radius 1 is 1.10 bits per heavy atom. The molecule has 2 aromatic carbocycles. The minimum atomic E-state index is -3.33. The van der Waals surface area contributed by atoms with Gasteiger partial charge in [-0.15, -0.1) is 0 Å². The van der Waals surface area contributed by atoms with Gasteiger partial charge in [0, 0.05) is 24.2 Å². The van der Waals surface area contributed by atoms with Crippen LogP contribution in [0.1, 0.15) is 31.4 Å². The molecule has 1 amide bonds. The van der Waals surface area contributed by atoms with Crippen LogP contribution in [0, 0.1) is 0 Å². The van der Waals surface area contributed by atoms with Gasteiger partial charge in [-0.2, -0.15) is 0 Å². The molecule has 7 nitrogen and oxygen atoms in total. The van der Waals surface area contributed by atoms with Crippen molar-refractivity contribution in [3.63, 3.8) is 0 Å². The predicted molar refractivity (Wildman–Crippen MR) is 114 cm³/mol. The van der Waals surface area contributed by atoms with Crippen molar-refractivity contribution in [2.45, 2.75) is 38.0 Å². The number of nitrogens with zero attached hydrogens (tertiary/aromatic N) is 1. The number of hydrogen-bond donors (Lipinski definition) is 1. The number of amides is 1. The fourth-order valence-electron chi connectivity index (χ4n) is 4.31. The maximum absolute atomic E-state index is 12.6. The molecular weight excluding hydrogens is 404 g/mol. The van der Waals surface area contributed by atoms with Crippen molar-refractivity contribution in [2.24, 2.45) is 0 Å². The van der Waals surface area contributed by atoms with E-state index in [9.17, 15) is 13.2 Å². The van der Waals surface area contributed by atoms with E-state index in [2.05, 4.69) is 4.72 Å². The van der Waals surface area contributed by atoms with Gasteiger partial charge in [-0.3, -0.25) is 9.52 Å². The Morgan fingerprint density at radius 2 is 1.80 bits per heavy atom.